The topological polar surface area (TPSA) is 101 Å². The molecule has 0 radical (unpaired) electrons. The van der Waals surface area contributed by atoms with Crippen LogP contribution in [-0.2, 0) is 16.1 Å². The second-order valence-electron chi connectivity index (χ2n) is 5.72. The number of nitrogens with one attached hydrogen (secondary N) is 1. The summed E-state index contributed by atoms with van der Waals surface area (Å²) in [7, 11) is 1.59. The number of thioether (sulfide) groups is 1. The summed E-state index contributed by atoms with van der Waals surface area (Å²) in [6, 6.07) is 10.9. The normalized spacial score (nSPS) is 10.1. The highest BCUT2D eigenvalue weighted by Crippen LogP contribution is 2.23. The van der Waals surface area contributed by atoms with E-state index in [9.17, 15) is 14.9 Å². The fourth-order valence-corrected chi connectivity index (χ4v) is 3.19. The van der Waals surface area contributed by atoms with E-state index in [1.54, 1.807) is 21.0 Å². The van der Waals surface area contributed by atoms with Crippen LogP contribution in [-0.4, -0.2) is 36.3 Å². The number of benzene rings is 1. The summed E-state index contributed by atoms with van der Waals surface area (Å²) in [6.07, 6.45) is 0. The molecule has 0 fully saturated rings. The van der Waals surface area contributed by atoms with Crippen LogP contribution in [0.2, 0.25) is 0 Å². The quantitative estimate of drug-likeness (QED) is 0.538. The summed E-state index contributed by atoms with van der Waals surface area (Å²) >= 11 is 1.15. The number of hydrogen-bond donors (Lipinski definition) is 1. The van der Waals surface area contributed by atoms with Gasteiger partial charge in [-0.05, 0) is 37.6 Å². The van der Waals surface area contributed by atoms with Crippen molar-refractivity contribution >= 4 is 23.6 Å². The van der Waals surface area contributed by atoms with E-state index in [2.05, 4.69) is 10.3 Å². The predicted octanol–water partition coefficient (Wildman–Crippen LogP) is 2.86. The Morgan fingerprint density at radius 1 is 1.32 bits per heavy atom. The molecular formula is C20H21N3O4S. The van der Waals surface area contributed by atoms with Crippen LogP contribution in [0.4, 0.5) is 0 Å². The molecule has 1 aromatic heterocycles. The second-order valence-corrected chi connectivity index (χ2v) is 6.69. The van der Waals surface area contributed by atoms with Gasteiger partial charge in [-0.15, -0.1) is 0 Å². The van der Waals surface area contributed by atoms with Crippen LogP contribution in [0.3, 0.4) is 0 Å². The molecule has 0 aliphatic carbocycles. The number of ether oxygens (including phenoxy) is 2. The third kappa shape index (κ3) is 5.72. The Morgan fingerprint density at radius 3 is 2.79 bits per heavy atom. The standard InChI is InChI=1S/C20H21N3O4S/c1-4-27-20(25)17-9-15(10-21)19(23-13(17)2)28-12-18(24)22-11-14-6-5-7-16(8-14)26-3/h5-9H,4,11-12H2,1-3H3,(H,22,24). The molecule has 0 spiro atoms. The molecule has 0 aliphatic rings. The first-order valence-corrected chi connectivity index (χ1v) is 9.58. The van der Waals surface area contributed by atoms with Crippen molar-refractivity contribution in [2.45, 2.75) is 25.4 Å². The van der Waals surface area contributed by atoms with Gasteiger partial charge in [0.05, 0.1) is 36.3 Å². The zero-order valence-corrected chi connectivity index (χ0v) is 16.8. The first-order valence-electron chi connectivity index (χ1n) is 8.59. The minimum Gasteiger partial charge on any atom is -0.497 e. The van der Waals surface area contributed by atoms with E-state index >= 15 is 0 Å². The molecule has 2 rings (SSSR count). The first kappa shape index (κ1) is 21.3. The van der Waals surface area contributed by atoms with Crippen LogP contribution >= 0.6 is 11.8 Å². The Bertz CT molecular complexity index is 909. The third-order valence-electron chi connectivity index (χ3n) is 3.76. The van der Waals surface area contributed by atoms with Gasteiger partial charge in [0.2, 0.25) is 5.91 Å². The van der Waals surface area contributed by atoms with Crippen molar-refractivity contribution < 1.29 is 19.1 Å². The molecule has 1 amide bonds. The molecule has 0 saturated carbocycles. The van der Waals surface area contributed by atoms with Crippen molar-refractivity contribution in [2.24, 2.45) is 0 Å². The Morgan fingerprint density at radius 2 is 2.11 bits per heavy atom. The fraction of sp³-hybridized carbons (Fsp3) is 0.300. The number of carbonyl (C=O) groups excluding carboxylic acids is 2. The smallest absolute Gasteiger partial charge is 0.340 e. The van der Waals surface area contributed by atoms with Gasteiger partial charge in [-0.1, -0.05) is 23.9 Å². The van der Waals surface area contributed by atoms with Gasteiger partial charge in [0.25, 0.3) is 0 Å². The molecule has 7 nitrogen and oxygen atoms in total. The molecule has 0 aliphatic heterocycles. The molecule has 8 heteroatoms. The van der Waals surface area contributed by atoms with Gasteiger partial charge in [0.1, 0.15) is 16.8 Å². The summed E-state index contributed by atoms with van der Waals surface area (Å²) < 4.78 is 10.1. The molecular weight excluding hydrogens is 378 g/mol. The van der Waals surface area contributed by atoms with Crippen molar-refractivity contribution in [1.82, 2.24) is 10.3 Å². The zero-order chi connectivity index (χ0) is 20.5. The number of hydrogen-bond acceptors (Lipinski definition) is 7. The molecule has 0 unspecified atom stereocenters. The number of aryl methyl sites for hydroxylation is 1. The van der Waals surface area contributed by atoms with Crippen molar-refractivity contribution in [3.8, 4) is 11.8 Å². The zero-order valence-electron chi connectivity index (χ0n) is 15.9. The molecule has 0 bridgehead atoms. The van der Waals surface area contributed by atoms with Gasteiger partial charge >= 0.3 is 5.97 Å². The number of carbonyl (C=O) groups is 2. The van der Waals surface area contributed by atoms with Crippen molar-refractivity contribution in [3.63, 3.8) is 0 Å². The average Bonchev–Trinajstić information content (AvgIpc) is 2.71. The van der Waals surface area contributed by atoms with Crippen LogP contribution < -0.4 is 10.1 Å². The Hall–Kier alpha value is -3.05. The summed E-state index contributed by atoms with van der Waals surface area (Å²) in [5, 5.41) is 12.6. The van der Waals surface area contributed by atoms with Crippen LogP contribution in [0, 0.1) is 18.3 Å². The fourth-order valence-electron chi connectivity index (χ4n) is 2.36. The number of amides is 1. The van der Waals surface area contributed by atoms with E-state index in [-0.39, 0.29) is 29.4 Å². The third-order valence-corrected chi connectivity index (χ3v) is 4.75. The highest BCUT2D eigenvalue weighted by atomic mass is 32.2. The minimum atomic E-state index is -0.517. The molecule has 2 aromatic rings. The maximum Gasteiger partial charge on any atom is 0.340 e. The lowest BCUT2D eigenvalue weighted by Crippen LogP contribution is -2.24. The number of nitrogens with zero attached hydrogens (tertiary/aromatic N) is 2. The maximum absolute atomic E-state index is 12.1. The molecule has 146 valence electrons. The van der Waals surface area contributed by atoms with Crippen LogP contribution in [0.25, 0.3) is 0 Å². The van der Waals surface area contributed by atoms with E-state index < -0.39 is 5.97 Å². The molecule has 1 aromatic carbocycles. The summed E-state index contributed by atoms with van der Waals surface area (Å²) in [5.41, 5.74) is 1.87. The second kappa shape index (κ2) is 10.3. The van der Waals surface area contributed by atoms with E-state index in [0.29, 0.717) is 17.3 Å². The number of nitriles is 1. The van der Waals surface area contributed by atoms with E-state index in [1.807, 2.05) is 30.3 Å². The number of methoxy groups -OCH3 is 1. The number of rotatable bonds is 8. The lowest BCUT2D eigenvalue weighted by atomic mass is 10.1. The largest absolute Gasteiger partial charge is 0.497 e. The van der Waals surface area contributed by atoms with Gasteiger partial charge in [-0.2, -0.15) is 5.26 Å². The number of aromatic nitrogens is 1. The number of pyridine rings is 1. The van der Waals surface area contributed by atoms with Gasteiger partial charge in [0, 0.05) is 6.54 Å². The highest BCUT2D eigenvalue weighted by molar-refractivity contribution is 8.00. The lowest BCUT2D eigenvalue weighted by molar-refractivity contribution is -0.118. The summed E-state index contributed by atoms with van der Waals surface area (Å²) in [4.78, 5) is 28.4. The van der Waals surface area contributed by atoms with Crippen LogP contribution in [0.1, 0.15) is 34.1 Å². The van der Waals surface area contributed by atoms with E-state index in [1.165, 1.54) is 6.07 Å². The molecule has 1 N–H and O–H groups in total. The Labute approximate surface area is 168 Å². The minimum absolute atomic E-state index is 0.101. The van der Waals surface area contributed by atoms with Crippen molar-refractivity contribution in [1.29, 1.82) is 5.26 Å². The van der Waals surface area contributed by atoms with Crippen molar-refractivity contribution in [3.05, 3.63) is 52.7 Å². The number of esters is 1. The molecule has 1 heterocycles. The Balaban J connectivity index is 1.99. The summed E-state index contributed by atoms with van der Waals surface area (Å²) in [6.45, 7) is 3.99. The van der Waals surface area contributed by atoms with E-state index in [4.69, 9.17) is 9.47 Å². The lowest BCUT2D eigenvalue weighted by Gasteiger charge is -2.10. The van der Waals surface area contributed by atoms with E-state index in [0.717, 1.165) is 23.1 Å². The van der Waals surface area contributed by atoms with Gasteiger partial charge in [-0.3, -0.25) is 4.79 Å². The predicted molar refractivity (Wildman–Crippen MR) is 105 cm³/mol. The summed E-state index contributed by atoms with van der Waals surface area (Å²) in [5.74, 6) is 0.118. The van der Waals surface area contributed by atoms with Crippen LogP contribution in [0.15, 0.2) is 35.4 Å². The monoisotopic (exact) mass is 399 g/mol. The van der Waals surface area contributed by atoms with Crippen LogP contribution in [0.5, 0.6) is 5.75 Å². The van der Waals surface area contributed by atoms with Crippen molar-refractivity contribution in [2.75, 3.05) is 19.5 Å². The molecule has 28 heavy (non-hydrogen) atoms. The van der Waals surface area contributed by atoms with Gasteiger partial charge < -0.3 is 14.8 Å². The molecule has 0 atom stereocenters. The average molecular weight is 399 g/mol. The maximum atomic E-state index is 12.1. The van der Waals surface area contributed by atoms with Gasteiger partial charge in [-0.25, -0.2) is 9.78 Å². The Kier molecular flexibility index (Phi) is 7.84. The SMILES string of the molecule is CCOC(=O)c1cc(C#N)c(SCC(=O)NCc2cccc(OC)c2)nc1C. The first-order chi connectivity index (χ1) is 13.5. The van der Waals surface area contributed by atoms with Gasteiger partial charge in [0.15, 0.2) is 0 Å². The molecule has 0 saturated heterocycles. The highest BCUT2D eigenvalue weighted by Gasteiger charge is 2.17.